The van der Waals surface area contributed by atoms with Crippen LogP contribution >= 0.6 is 23.2 Å². The third kappa shape index (κ3) is 2.54. The molecule has 0 bridgehead atoms. The predicted molar refractivity (Wildman–Crippen MR) is 66.3 cm³/mol. The minimum atomic E-state index is -0.520. The monoisotopic (exact) mass is 268 g/mol. The third-order valence-electron chi connectivity index (χ3n) is 2.14. The van der Waals surface area contributed by atoms with E-state index in [1.807, 2.05) is 0 Å². The molecule has 0 aliphatic carbocycles. The Hall–Kier alpha value is -1.65. The minimum absolute atomic E-state index is 0.0640. The van der Waals surface area contributed by atoms with E-state index in [4.69, 9.17) is 23.2 Å². The zero-order valence-corrected chi connectivity index (χ0v) is 9.94. The lowest BCUT2D eigenvalue weighted by Gasteiger charge is -2.03. The van der Waals surface area contributed by atoms with Crippen molar-refractivity contribution in [3.63, 3.8) is 0 Å². The molecule has 0 radical (unpaired) electrons. The molecule has 2 rings (SSSR count). The molecule has 0 saturated heterocycles. The van der Waals surface area contributed by atoms with Gasteiger partial charge in [0.05, 0.1) is 16.7 Å². The van der Waals surface area contributed by atoms with E-state index >= 15 is 0 Å². The van der Waals surface area contributed by atoms with Crippen molar-refractivity contribution < 1.29 is 4.92 Å². The number of nitro groups is 1. The molecule has 0 fully saturated rings. The molecule has 6 heteroatoms. The Bertz CT molecular complexity index is 587. The van der Waals surface area contributed by atoms with Crippen molar-refractivity contribution in [1.82, 2.24) is 4.98 Å². The Kier molecular flexibility index (Phi) is 3.26. The van der Waals surface area contributed by atoms with E-state index in [1.54, 1.807) is 24.3 Å². The fourth-order valence-electron chi connectivity index (χ4n) is 1.40. The normalized spacial score (nSPS) is 10.2. The van der Waals surface area contributed by atoms with Gasteiger partial charge in [-0.1, -0.05) is 41.4 Å². The van der Waals surface area contributed by atoms with Gasteiger partial charge in [-0.25, -0.2) is 4.98 Å². The molecule has 0 saturated carbocycles. The second-order valence-corrected chi connectivity index (χ2v) is 4.06. The molecule has 2 aromatic rings. The van der Waals surface area contributed by atoms with Crippen LogP contribution in [-0.4, -0.2) is 9.91 Å². The Morgan fingerprint density at radius 3 is 2.53 bits per heavy atom. The average Bonchev–Trinajstić information content (AvgIpc) is 2.28. The summed E-state index contributed by atoms with van der Waals surface area (Å²) in [6, 6.07) is 9.49. The van der Waals surface area contributed by atoms with E-state index in [0.29, 0.717) is 16.3 Å². The topological polar surface area (TPSA) is 56.0 Å². The van der Waals surface area contributed by atoms with E-state index < -0.39 is 4.92 Å². The highest BCUT2D eigenvalue weighted by Crippen LogP contribution is 2.29. The molecule has 1 heterocycles. The first kappa shape index (κ1) is 11.8. The van der Waals surface area contributed by atoms with Crippen LogP contribution in [0.3, 0.4) is 0 Å². The first-order chi connectivity index (χ1) is 8.08. The summed E-state index contributed by atoms with van der Waals surface area (Å²) in [4.78, 5) is 14.2. The zero-order valence-electron chi connectivity index (χ0n) is 8.43. The van der Waals surface area contributed by atoms with E-state index in [2.05, 4.69) is 4.98 Å². The Morgan fingerprint density at radius 1 is 1.18 bits per heavy atom. The number of aromatic nitrogens is 1. The quantitative estimate of drug-likeness (QED) is 0.471. The summed E-state index contributed by atoms with van der Waals surface area (Å²) in [6.07, 6.45) is 0. The van der Waals surface area contributed by atoms with Crippen molar-refractivity contribution in [2.45, 2.75) is 0 Å². The maximum Gasteiger partial charge on any atom is 0.274 e. The van der Waals surface area contributed by atoms with Gasteiger partial charge in [0.15, 0.2) is 0 Å². The van der Waals surface area contributed by atoms with Gasteiger partial charge in [0.25, 0.3) is 5.69 Å². The van der Waals surface area contributed by atoms with Crippen LogP contribution in [0.15, 0.2) is 36.4 Å². The maximum absolute atomic E-state index is 10.7. The van der Waals surface area contributed by atoms with Crippen molar-refractivity contribution in [3.8, 4) is 11.3 Å². The summed E-state index contributed by atoms with van der Waals surface area (Å²) >= 11 is 11.7. The zero-order chi connectivity index (χ0) is 12.4. The summed E-state index contributed by atoms with van der Waals surface area (Å²) < 4.78 is 0. The maximum atomic E-state index is 10.7. The molecule has 0 aliphatic rings. The molecular formula is C11H6Cl2N2O2. The molecule has 0 aliphatic heterocycles. The number of pyridine rings is 1. The molecule has 0 N–H and O–H groups in total. The molecule has 1 aromatic heterocycles. The van der Waals surface area contributed by atoms with Gasteiger partial charge in [-0.2, -0.15) is 0 Å². The Labute approximate surface area is 107 Å². The van der Waals surface area contributed by atoms with Gasteiger partial charge >= 0.3 is 0 Å². The molecule has 4 nitrogen and oxygen atoms in total. The summed E-state index contributed by atoms with van der Waals surface area (Å²) in [5, 5.41) is 11.2. The molecule has 0 amide bonds. The van der Waals surface area contributed by atoms with Gasteiger partial charge in [-0.05, 0) is 6.07 Å². The SMILES string of the molecule is O=[N+]([O-])c1cc(Cl)nc(-c2ccccc2Cl)c1. The van der Waals surface area contributed by atoms with E-state index in [9.17, 15) is 10.1 Å². The summed E-state index contributed by atoms with van der Waals surface area (Å²) in [5.74, 6) is 0. The highest BCUT2D eigenvalue weighted by Gasteiger charge is 2.13. The molecule has 0 spiro atoms. The van der Waals surface area contributed by atoms with Gasteiger partial charge in [0, 0.05) is 16.7 Å². The highest BCUT2D eigenvalue weighted by atomic mass is 35.5. The first-order valence-corrected chi connectivity index (χ1v) is 5.40. The number of hydrogen-bond donors (Lipinski definition) is 0. The lowest BCUT2D eigenvalue weighted by Crippen LogP contribution is -1.92. The second kappa shape index (κ2) is 4.69. The van der Waals surface area contributed by atoms with Crippen molar-refractivity contribution in [1.29, 1.82) is 0 Å². The van der Waals surface area contributed by atoms with E-state index in [1.165, 1.54) is 12.1 Å². The lowest BCUT2D eigenvalue weighted by atomic mass is 10.1. The minimum Gasteiger partial charge on any atom is -0.258 e. The third-order valence-corrected chi connectivity index (χ3v) is 2.66. The smallest absolute Gasteiger partial charge is 0.258 e. The van der Waals surface area contributed by atoms with Crippen LogP contribution in [0, 0.1) is 10.1 Å². The van der Waals surface area contributed by atoms with Gasteiger partial charge in [0.1, 0.15) is 5.15 Å². The molecule has 0 unspecified atom stereocenters. The average molecular weight is 269 g/mol. The van der Waals surface area contributed by atoms with Crippen molar-refractivity contribution in [2.24, 2.45) is 0 Å². The predicted octanol–water partition coefficient (Wildman–Crippen LogP) is 3.96. The van der Waals surface area contributed by atoms with Gasteiger partial charge < -0.3 is 0 Å². The van der Waals surface area contributed by atoms with Crippen LogP contribution in [0.1, 0.15) is 0 Å². The van der Waals surface area contributed by atoms with Crippen LogP contribution in [0.4, 0.5) is 5.69 Å². The van der Waals surface area contributed by atoms with Crippen LogP contribution in [0.5, 0.6) is 0 Å². The fraction of sp³-hybridized carbons (Fsp3) is 0. The summed E-state index contributed by atoms with van der Waals surface area (Å²) in [6.45, 7) is 0. The second-order valence-electron chi connectivity index (χ2n) is 3.27. The van der Waals surface area contributed by atoms with Crippen molar-refractivity contribution in [2.75, 3.05) is 0 Å². The highest BCUT2D eigenvalue weighted by molar-refractivity contribution is 6.33. The number of nitrogens with zero attached hydrogens (tertiary/aromatic N) is 2. The summed E-state index contributed by atoms with van der Waals surface area (Å²) in [7, 11) is 0. The van der Waals surface area contributed by atoms with Crippen LogP contribution in [0.2, 0.25) is 10.2 Å². The number of rotatable bonds is 2. The van der Waals surface area contributed by atoms with Crippen molar-refractivity contribution in [3.05, 3.63) is 56.7 Å². The van der Waals surface area contributed by atoms with Gasteiger partial charge in [0.2, 0.25) is 0 Å². The Morgan fingerprint density at radius 2 is 1.88 bits per heavy atom. The molecule has 1 aromatic carbocycles. The van der Waals surface area contributed by atoms with Gasteiger partial charge in [-0.3, -0.25) is 10.1 Å². The standard InChI is InChI=1S/C11H6Cl2N2O2/c12-9-4-2-1-3-8(9)10-5-7(15(16)17)6-11(13)14-10/h1-6H. The van der Waals surface area contributed by atoms with Crippen molar-refractivity contribution >= 4 is 28.9 Å². The molecule has 86 valence electrons. The first-order valence-electron chi connectivity index (χ1n) is 4.65. The number of halogens is 2. The number of benzene rings is 1. The number of hydrogen-bond acceptors (Lipinski definition) is 3. The molecule has 17 heavy (non-hydrogen) atoms. The molecule has 0 atom stereocenters. The van der Waals surface area contributed by atoms with Gasteiger partial charge in [-0.15, -0.1) is 0 Å². The largest absolute Gasteiger partial charge is 0.274 e. The van der Waals surface area contributed by atoms with E-state index in [-0.39, 0.29) is 10.8 Å². The van der Waals surface area contributed by atoms with Crippen LogP contribution < -0.4 is 0 Å². The van der Waals surface area contributed by atoms with Crippen LogP contribution in [0.25, 0.3) is 11.3 Å². The molecular weight excluding hydrogens is 263 g/mol. The fourth-order valence-corrected chi connectivity index (χ4v) is 1.83. The lowest BCUT2D eigenvalue weighted by molar-refractivity contribution is -0.384. The Balaban J connectivity index is 2.60. The van der Waals surface area contributed by atoms with E-state index in [0.717, 1.165) is 0 Å². The summed E-state index contributed by atoms with van der Waals surface area (Å²) in [5.41, 5.74) is 0.884. The van der Waals surface area contributed by atoms with Crippen LogP contribution in [-0.2, 0) is 0 Å².